The molecule has 0 aliphatic carbocycles. The molecule has 0 atom stereocenters. The van der Waals surface area contributed by atoms with E-state index >= 15 is 0 Å². The van der Waals surface area contributed by atoms with Gasteiger partial charge in [0.05, 0.1) is 0 Å². The quantitative estimate of drug-likeness (QED) is 0.601. The van der Waals surface area contributed by atoms with Crippen LogP contribution in [0.25, 0.3) is 0 Å². The third-order valence-corrected chi connectivity index (χ3v) is 2.45. The van der Waals surface area contributed by atoms with Crippen molar-refractivity contribution in [3.8, 4) is 0 Å². The Kier molecular flexibility index (Phi) is 3.86. The molecule has 0 unspecified atom stereocenters. The van der Waals surface area contributed by atoms with E-state index in [1.807, 2.05) is 0 Å². The lowest BCUT2D eigenvalue weighted by Gasteiger charge is -2.00. The molecule has 0 bridgehead atoms. The molecular weight excluding hydrogens is 354 g/mol. The maximum atomic E-state index is 11.3. The van der Waals surface area contributed by atoms with Crippen molar-refractivity contribution in [1.82, 2.24) is 4.98 Å². The predicted octanol–water partition coefficient (Wildman–Crippen LogP) is 3.14. The number of carbonyl (C=O) groups is 1. The minimum atomic E-state index is -0.346. The second-order valence-electron chi connectivity index (χ2n) is 2.06. The van der Waals surface area contributed by atoms with Crippen molar-refractivity contribution in [2.24, 2.45) is 0 Å². The third-order valence-electron chi connectivity index (χ3n) is 1.19. The molecule has 12 heavy (non-hydrogen) atoms. The van der Waals surface area contributed by atoms with Gasteiger partial charge in [-0.05, 0) is 22.0 Å². The number of pyridine rings is 1. The molecule has 1 aromatic rings. The normalized spacial score (nSPS) is 10.3. The average Bonchev–Trinajstić information content (AvgIpc) is 2.03. The average molecular weight is 358 g/mol. The molecule has 2 nitrogen and oxygen atoms in total. The molecule has 0 N–H and O–H groups in total. The molecule has 0 saturated heterocycles. The largest absolute Gasteiger partial charge is 0.292 e. The lowest BCUT2D eigenvalue weighted by Crippen LogP contribution is -2.07. The number of ketones is 1. The Labute approximate surface area is 95.1 Å². The lowest BCUT2D eigenvalue weighted by atomic mass is 10.2. The number of rotatable bonds is 2. The van der Waals surface area contributed by atoms with Crippen LogP contribution < -0.4 is 0 Å². The molecule has 0 aliphatic heterocycles. The van der Waals surface area contributed by atoms with E-state index in [1.54, 1.807) is 12.3 Å². The van der Waals surface area contributed by atoms with Crippen molar-refractivity contribution >= 4 is 53.6 Å². The van der Waals surface area contributed by atoms with E-state index in [2.05, 4.69) is 52.8 Å². The summed E-state index contributed by atoms with van der Waals surface area (Å²) < 4.78 is 0.454. The Morgan fingerprint density at radius 1 is 1.42 bits per heavy atom. The van der Waals surface area contributed by atoms with Crippen LogP contribution in [0.5, 0.6) is 0 Å². The standard InChI is InChI=1S/C7H4Br3NO/c8-5-1-4(2-11-3-5)6(12)7(9)10/h1-3,7H. The van der Waals surface area contributed by atoms with Crippen molar-refractivity contribution in [1.29, 1.82) is 0 Å². The van der Waals surface area contributed by atoms with E-state index in [-0.39, 0.29) is 9.52 Å². The first-order chi connectivity index (χ1) is 5.61. The van der Waals surface area contributed by atoms with E-state index in [0.29, 0.717) is 5.56 Å². The summed E-state index contributed by atoms with van der Waals surface area (Å²) in [5.74, 6) is -0.0381. The SMILES string of the molecule is O=C(c1cncc(Br)c1)C(Br)Br. The zero-order valence-electron chi connectivity index (χ0n) is 5.80. The summed E-state index contributed by atoms with van der Waals surface area (Å²) in [5.41, 5.74) is 0.572. The zero-order valence-corrected chi connectivity index (χ0v) is 10.6. The highest BCUT2D eigenvalue weighted by Gasteiger charge is 2.13. The highest BCUT2D eigenvalue weighted by molar-refractivity contribution is 9.25. The number of hydrogen-bond donors (Lipinski definition) is 0. The molecule has 0 amide bonds. The molecule has 0 radical (unpaired) electrons. The summed E-state index contributed by atoms with van der Waals surface area (Å²) in [7, 11) is 0. The first kappa shape index (κ1) is 10.3. The maximum absolute atomic E-state index is 11.3. The van der Waals surface area contributed by atoms with Gasteiger partial charge in [0.25, 0.3) is 0 Å². The minimum absolute atomic E-state index is 0.0381. The second-order valence-corrected chi connectivity index (χ2v) is 6.03. The van der Waals surface area contributed by atoms with Gasteiger partial charge < -0.3 is 0 Å². The first-order valence-corrected chi connectivity index (χ1v) is 5.66. The number of halogens is 3. The van der Waals surface area contributed by atoms with Crippen LogP contribution in [0.2, 0.25) is 0 Å². The predicted molar refractivity (Wildman–Crippen MR) is 57.9 cm³/mol. The molecule has 0 fully saturated rings. The van der Waals surface area contributed by atoms with Gasteiger partial charge in [-0.15, -0.1) is 0 Å². The minimum Gasteiger partial charge on any atom is -0.292 e. The molecule has 1 rings (SSSR count). The Morgan fingerprint density at radius 3 is 2.58 bits per heavy atom. The molecule has 1 heterocycles. The summed E-state index contributed by atoms with van der Waals surface area (Å²) in [6.45, 7) is 0. The van der Waals surface area contributed by atoms with E-state index in [1.165, 1.54) is 6.20 Å². The first-order valence-electron chi connectivity index (χ1n) is 3.04. The van der Waals surface area contributed by atoms with E-state index in [0.717, 1.165) is 4.47 Å². The number of hydrogen-bond acceptors (Lipinski definition) is 2. The van der Waals surface area contributed by atoms with Crippen LogP contribution in [0, 0.1) is 0 Å². The van der Waals surface area contributed by atoms with Crippen LogP contribution in [-0.2, 0) is 0 Å². The van der Waals surface area contributed by atoms with E-state index in [9.17, 15) is 4.79 Å². The second kappa shape index (κ2) is 4.48. The maximum Gasteiger partial charge on any atom is 0.188 e. The van der Waals surface area contributed by atoms with Gasteiger partial charge in [-0.1, -0.05) is 31.9 Å². The number of nitrogens with zero attached hydrogens (tertiary/aromatic N) is 1. The fourth-order valence-electron chi connectivity index (χ4n) is 0.673. The van der Waals surface area contributed by atoms with Gasteiger partial charge in [0.2, 0.25) is 0 Å². The van der Waals surface area contributed by atoms with Crippen LogP contribution in [-0.4, -0.2) is 14.5 Å². The van der Waals surface area contributed by atoms with Crippen LogP contribution in [0.1, 0.15) is 10.4 Å². The third kappa shape index (κ3) is 2.64. The number of carbonyl (C=O) groups excluding carboxylic acids is 1. The summed E-state index contributed by atoms with van der Waals surface area (Å²) in [4.78, 5) is 15.2. The number of alkyl halides is 2. The van der Waals surface area contributed by atoms with Crippen molar-refractivity contribution < 1.29 is 4.79 Å². The lowest BCUT2D eigenvalue weighted by molar-refractivity contribution is 0.101. The summed E-state index contributed by atoms with van der Waals surface area (Å²) in [6.07, 6.45) is 3.16. The highest BCUT2D eigenvalue weighted by Crippen LogP contribution is 2.17. The number of Topliss-reactive ketones (excluding diaryl/α,β-unsaturated/α-hetero) is 1. The monoisotopic (exact) mass is 355 g/mol. The number of aromatic nitrogens is 1. The van der Waals surface area contributed by atoms with E-state index in [4.69, 9.17) is 0 Å². The van der Waals surface area contributed by atoms with Crippen LogP contribution in [0.4, 0.5) is 0 Å². The molecule has 0 spiro atoms. The Bertz CT molecular complexity index is 300. The van der Waals surface area contributed by atoms with Gasteiger partial charge in [-0.3, -0.25) is 9.78 Å². The van der Waals surface area contributed by atoms with Crippen molar-refractivity contribution in [3.05, 3.63) is 28.5 Å². The fourth-order valence-corrected chi connectivity index (χ4v) is 1.57. The van der Waals surface area contributed by atoms with Crippen molar-refractivity contribution in [3.63, 3.8) is 0 Å². The topological polar surface area (TPSA) is 30.0 Å². The van der Waals surface area contributed by atoms with Gasteiger partial charge in [-0.25, -0.2) is 0 Å². The molecule has 5 heteroatoms. The molecular formula is C7H4Br3NO. The summed E-state index contributed by atoms with van der Waals surface area (Å²) in [5, 5.41) is 0. The Morgan fingerprint density at radius 2 is 2.08 bits per heavy atom. The summed E-state index contributed by atoms with van der Waals surface area (Å²) in [6, 6.07) is 1.73. The molecule has 1 aromatic heterocycles. The van der Waals surface area contributed by atoms with Gasteiger partial charge in [0, 0.05) is 22.4 Å². The van der Waals surface area contributed by atoms with Gasteiger partial charge in [-0.2, -0.15) is 0 Å². The van der Waals surface area contributed by atoms with Gasteiger partial charge in [0.1, 0.15) is 3.74 Å². The molecule has 64 valence electrons. The van der Waals surface area contributed by atoms with Crippen molar-refractivity contribution in [2.75, 3.05) is 0 Å². The molecule has 0 aromatic carbocycles. The van der Waals surface area contributed by atoms with E-state index < -0.39 is 0 Å². The van der Waals surface area contributed by atoms with Gasteiger partial charge in [0.15, 0.2) is 5.78 Å². The van der Waals surface area contributed by atoms with Crippen LogP contribution in [0.3, 0.4) is 0 Å². The molecule has 0 aliphatic rings. The molecule has 0 saturated carbocycles. The van der Waals surface area contributed by atoms with Crippen LogP contribution >= 0.6 is 47.8 Å². The smallest absolute Gasteiger partial charge is 0.188 e. The van der Waals surface area contributed by atoms with Crippen molar-refractivity contribution in [2.45, 2.75) is 3.74 Å². The zero-order chi connectivity index (χ0) is 9.14. The summed E-state index contributed by atoms with van der Waals surface area (Å²) >= 11 is 9.48. The fraction of sp³-hybridized carbons (Fsp3) is 0.143. The van der Waals surface area contributed by atoms with Gasteiger partial charge >= 0.3 is 0 Å². The van der Waals surface area contributed by atoms with Crippen LogP contribution in [0.15, 0.2) is 22.9 Å². The Hall–Kier alpha value is 0.260. The Balaban J connectivity index is 2.96. The highest BCUT2D eigenvalue weighted by atomic mass is 79.9.